The topological polar surface area (TPSA) is 47.9 Å². The van der Waals surface area contributed by atoms with E-state index in [0.29, 0.717) is 23.7 Å². The summed E-state index contributed by atoms with van der Waals surface area (Å²) in [5.41, 5.74) is 0.949. The molecule has 1 rings (SSSR count). The van der Waals surface area contributed by atoms with Gasteiger partial charge in [0.1, 0.15) is 0 Å². The zero-order valence-corrected chi connectivity index (χ0v) is 10.1. The summed E-state index contributed by atoms with van der Waals surface area (Å²) in [7, 11) is 4.71. The normalized spacial score (nSPS) is 12.1. The van der Waals surface area contributed by atoms with Crippen molar-refractivity contribution < 1.29 is 19.3 Å². The van der Waals surface area contributed by atoms with Crippen molar-refractivity contribution in [3.63, 3.8) is 0 Å². The van der Waals surface area contributed by atoms with Crippen LogP contribution in [0.3, 0.4) is 0 Å². The van der Waals surface area contributed by atoms with Crippen LogP contribution in [-0.2, 0) is 6.42 Å². The summed E-state index contributed by atoms with van der Waals surface area (Å²) in [6.07, 6.45) is 0.152. The van der Waals surface area contributed by atoms with Crippen LogP contribution in [-0.4, -0.2) is 32.5 Å². The molecule has 0 aliphatic heterocycles. The third-order valence-corrected chi connectivity index (χ3v) is 2.26. The molecular formula is C12H18O4. The molecule has 90 valence electrons. The Morgan fingerprint density at radius 3 is 1.88 bits per heavy atom. The van der Waals surface area contributed by atoms with Crippen LogP contribution < -0.4 is 14.2 Å². The van der Waals surface area contributed by atoms with E-state index in [1.54, 1.807) is 28.3 Å². The molecule has 1 aromatic rings. The first-order valence-electron chi connectivity index (χ1n) is 5.09. The maximum absolute atomic E-state index is 9.35. The molecule has 0 radical (unpaired) electrons. The van der Waals surface area contributed by atoms with Crippen LogP contribution in [0.25, 0.3) is 0 Å². The summed E-state index contributed by atoms with van der Waals surface area (Å²) < 4.78 is 15.6. The highest BCUT2D eigenvalue weighted by Gasteiger charge is 2.13. The summed E-state index contributed by atoms with van der Waals surface area (Å²) in [5, 5.41) is 9.35. The fourth-order valence-electron chi connectivity index (χ4n) is 1.59. The van der Waals surface area contributed by atoms with Gasteiger partial charge in [-0.05, 0) is 31.0 Å². The third-order valence-electron chi connectivity index (χ3n) is 2.26. The van der Waals surface area contributed by atoms with Gasteiger partial charge in [0, 0.05) is 0 Å². The number of rotatable bonds is 5. The molecule has 0 bridgehead atoms. The number of hydrogen-bond acceptors (Lipinski definition) is 4. The number of methoxy groups -OCH3 is 3. The summed E-state index contributed by atoms with van der Waals surface area (Å²) >= 11 is 0. The molecule has 0 aliphatic rings. The minimum atomic E-state index is -0.400. The van der Waals surface area contributed by atoms with Crippen LogP contribution in [0.5, 0.6) is 17.2 Å². The third kappa shape index (κ3) is 2.79. The van der Waals surface area contributed by atoms with Crippen molar-refractivity contribution in [3.8, 4) is 17.2 Å². The summed E-state index contributed by atoms with van der Waals surface area (Å²) in [5.74, 6) is 1.79. The van der Waals surface area contributed by atoms with E-state index in [2.05, 4.69) is 0 Å². The monoisotopic (exact) mass is 226 g/mol. The highest BCUT2D eigenvalue weighted by molar-refractivity contribution is 5.53. The van der Waals surface area contributed by atoms with E-state index in [-0.39, 0.29) is 0 Å². The molecule has 0 aromatic heterocycles. The van der Waals surface area contributed by atoms with E-state index < -0.39 is 6.10 Å². The average molecular weight is 226 g/mol. The zero-order valence-electron chi connectivity index (χ0n) is 10.1. The Morgan fingerprint density at radius 2 is 1.56 bits per heavy atom. The molecule has 0 aliphatic carbocycles. The maximum atomic E-state index is 9.35. The second-order valence-electron chi connectivity index (χ2n) is 3.59. The van der Waals surface area contributed by atoms with Gasteiger partial charge in [-0.15, -0.1) is 0 Å². The first-order valence-corrected chi connectivity index (χ1v) is 5.09. The van der Waals surface area contributed by atoms with E-state index in [1.165, 1.54) is 0 Å². The summed E-state index contributed by atoms with van der Waals surface area (Å²) in [6, 6.07) is 3.68. The minimum absolute atomic E-state index is 0.400. The molecule has 0 fully saturated rings. The van der Waals surface area contributed by atoms with Crippen LogP contribution in [0.15, 0.2) is 12.1 Å². The highest BCUT2D eigenvalue weighted by atomic mass is 16.5. The second kappa shape index (κ2) is 5.61. The molecule has 1 aromatic carbocycles. The van der Waals surface area contributed by atoms with Crippen molar-refractivity contribution in [1.29, 1.82) is 0 Å². The predicted octanol–water partition coefficient (Wildman–Crippen LogP) is 1.64. The van der Waals surface area contributed by atoms with Crippen LogP contribution >= 0.6 is 0 Å². The number of aliphatic hydroxyl groups is 1. The fourth-order valence-corrected chi connectivity index (χ4v) is 1.59. The molecule has 16 heavy (non-hydrogen) atoms. The minimum Gasteiger partial charge on any atom is -0.493 e. The van der Waals surface area contributed by atoms with E-state index in [0.717, 1.165) is 5.56 Å². The molecule has 0 saturated heterocycles. The van der Waals surface area contributed by atoms with Crippen LogP contribution in [0.4, 0.5) is 0 Å². The lowest BCUT2D eigenvalue weighted by molar-refractivity contribution is 0.195. The van der Waals surface area contributed by atoms with Crippen LogP contribution in [0, 0.1) is 0 Å². The van der Waals surface area contributed by atoms with Gasteiger partial charge in [-0.3, -0.25) is 0 Å². The lowest BCUT2D eigenvalue weighted by Gasteiger charge is -2.14. The van der Waals surface area contributed by atoms with E-state index >= 15 is 0 Å². The predicted molar refractivity (Wildman–Crippen MR) is 61.5 cm³/mol. The van der Waals surface area contributed by atoms with Gasteiger partial charge in [0.2, 0.25) is 5.75 Å². The molecule has 0 saturated carbocycles. The molecule has 4 nitrogen and oxygen atoms in total. The van der Waals surface area contributed by atoms with Crippen molar-refractivity contribution in [2.45, 2.75) is 19.4 Å². The van der Waals surface area contributed by atoms with Crippen molar-refractivity contribution in [1.82, 2.24) is 0 Å². The Labute approximate surface area is 95.8 Å². The first kappa shape index (κ1) is 12.6. The zero-order chi connectivity index (χ0) is 12.1. The molecule has 0 spiro atoms. The van der Waals surface area contributed by atoms with E-state index in [4.69, 9.17) is 14.2 Å². The Morgan fingerprint density at radius 1 is 1.06 bits per heavy atom. The lowest BCUT2D eigenvalue weighted by atomic mass is 10.1. The quantitative estimate of drug-likeness (QED) is 0.829. The maximum Gasteiger partial charge on any atom is 0.203 e. The number of benzene rings is 1. The van der Waals surface area contributed by atoms with Crippen molar-refractivity contribution in [3.05, 3.63) is 17.7 Å². The molecular weight excluding hydrogens is 208 g/mol. The molecule has 1 atom stereocenters. The smallest absolute Gasteiger partial charge is 0.203 e. The molecule has 0 unspecified atom stereocenters. The molecule has 0 amide bonds. The van der Waals surface area contributed by atoms with Gasteiger partial charge in [-0.1, -0.05) is 0 Å². The van der Waals surface area contributed by atoms with Gasteiger partial charge in [-0.2, -0.15) is 0 Å². The van der Waals surface area contributed by atoms with E-state index in [1.807, 2.05) is 12.1 Å². The average Bonchev–Trinajstić information content (AvgIpc) is 2.26. The van der Waals surface area contributed by atoms with Crippen molar-refractivity contribution in [2.75, 3.05) is 21.3 Å². The Hall–Kier alpha value is -1.42. The first-order chi connectivity index (χ1) is 7.62. The Kier molecular flexibility index (Phi) is 4.43. The molecule has 4 heteroatoms. The summed E-state index contributed by atoms with van der Waals surface area (Å²) in [6.45, 7) is 1.74. The highest BCUT2D eigenvalue weighted by Crippen LogP contribution is 2.38. The molecule has 0 heterocycles. The van der Waals surface area contributed by atoms with Gasteiger partial charge in [0.15, 0.2) is 11.5 Å². The van der Waals surface area contributed by atoms with Gasteiger partial charge < -0.3 is 19.3 Å². The second-order valence-corrected chi connectivity index (χ2v) is 3.59. The standard InChI is InChI=1S/C12H18O4/c1-8(13)5-9-6-10(14-2)12(16-4)11(7-9)15-3/h6-8,13H,5H2,1-4H3/t8-/m0/s1. The van der Waals surface area contributed by atoms with Gasteiger partial charge >= 0.3 is 0 Å². The number of hydrogen-bond donors (Lipinski definition) is 1. The fraction of sp³-hybridized carbons (Fsp3) is 0.500. The lowest BCUT2D eigenvalue weighted by Crippen LogP contribution is -2.05. The largest absolute Gasteiger partial charge is 0.493 e. The number of aliphatic hydroxyl groups excluding tert-OH is 1. The SMILES string of the molecule is COc1cc(C[C@H](C)O)cc(OC)c1OC. The number of ether oxygens (including phenoxy) is 3. The molecule has 1 N–H and O–H groups in total. The van der Waals surface area contributed by atoms with Crippen LogP contribution in [0.2, 0.25) is 0 Å². The Bertz CT molecular complexity index is 322. The summed E-state index contributed by atoms with van der Waals surface area (Å²) in [4.78, 5) is 0. The van der Waals surface area contributed by atoms with E-state index in [9.17, 15) is 5.11 Å². The van der Waals surface area contributed by atoms with Crippen molar-refractivity contribution >= 4 is 0 Å². The van der Waals surface area contributed by atoms with Gasteiger partial charge in [0.05, 0.1) is 27.4 Å². The van der Waals surface area contributed by atoms with Gasteiger partial charge in [-0.25, -0.2) is 0 Å². The Balaban J connectivity index is 3.15. The van der Waals surface area contributed by atoms with Crippen LogP contribution in [0.1, 0.15) is 12.5 Å². The van der Waals surface area contributed by atoms with Gasteiger partial charge in [0.25, 0.3) is 0 Å². The van der Waals surface area contributed by atoms with Crippen molar-refractivity contribution in [2.24, 2.45) is 0 Å².